The van der Waals surface area contributed by atoms with Gasteiger partial charge in [-0.3, -0.25) is 4.79 Å². The molecule has 0 unspecified atom stereocenters. The Kier molecular flexibility index (Phi) is 6.98. The molecule has 0 aliphatic carbocycles. The Morgan fingerprint density at radius 3 is 2.33 bits per heavy atom. The zero-order valence-corrected chi connectivity index (χ0v) is 16.9. The molecule has 0 N–H and O–H groups in total. The van der Waals surface area contributed by atoms with Crippen LogP contribution in [0.2, 0.25) is 0 Å². The highest BCUT2D eigenvalue weighted by Gasteiger charge is 2.24. The lowest BCUT2D eigenvalue weighted by atomic mass is 10.2. The van der Waals surface area contributed by atoms with Crippen molar-refractivity contribution in [2.75, 3.05) is 27.2 Å². The van der Waals surface area contributed by atoms with Gasteiger partial charge in [0, 0.05) is 25.7 Å². The number of likely N-dealkylation sites (N-methyl/N-ethyl adjacent to an activating group) is 1. The molecule has 2 rings (SSSR count). The summed E-state index contributed by atoms with van der Waals surface area (Å²) in [4.78, 5) is 14.3. The third-order valence-electron chi connectivity index (χ3n) is 4.27. The lowest BCUT2D eigenvalue weighted by Gasteiger charge is -2.22. The molecular formula is C20H26N2O4S. The number of carbonyl (C=O) groups excluding carboxylic acids is 1. The largest absolute Gasteiger partial charge is 0.492 e. The fraction of sp³-hybridized carbons (Fsp3) is 0.350. The molecular weight excluding hydrogens is 364 g/mol. The SMILES string of the molecule is CC(C)N(C)S(=O)(=O)c1cccc(C(=O)N(C)CCOc2ccccc2)c1. The van der Waals surface area contributed by atoms with E-state index < -0.39 is 10.0 Å². The van der Waals surface area contributed by atoms with Crippen molar-refractivity contribution in [3.63, 3.8) is 0 Å². The maximum atomic E-state index is 12.6. The molecule has 2 aromatic rings. The van der Waals surface area contributed by atoms with Crippen LogP contribution in [0.5, 0.6) is 5.75 Å². The van der Waals surface area contributed by atoms with Gasteiger partial charge in [-0.2, -0.15) is 4.31 Å². The van der Waals surface area contributed by atoms with Gasteiger partial charge in [-0.05, 0) is 44.2 Å². The molecule has 0 aliphatic heterocycles. The number of hydrogen-bond donors (Lipinski definition) is 0. The first kappa shape index (κ1) is 20.9. The molecule has 0 saturated heterocycles. The van der Waals surface area contributed by atoms with Crippen LogP contribution in [0.3, 0.4) is 0 Å². The van der Waals surface area contributed by atoms with E-state index in [1.165, 1.54) is 28.4 Å². The summed E-state index contributed by atoms with van der Waals surface area (Å²) in [6.07, 6.45) is 0. The standard InChI is InChI=1S/C20H26N2O4S/c1-16(2)22(4)27(24,25)19-12-8-9-17(15-19)20(23)21(3)13-14-26-18-10-6-5-7-11-18/h5-12,15-16H,13-14H2,1-4H3. The van der Waals surface area contributed by atoms with Gasteiger partial charge in [0.15, 0.2) is 0 Å². The Morgan fingerprint density at radius 1 is 1.04 bits per heavy atom. The zero-order valence-electron chi connectivity index (χ0n) is 16.1. The topological polar surface area (TPSA) is 66.9 Å². The summed E-state index contributed by atoms with van der Waals surface area (Å²) < 4.78 is 32.1. The first-order valence-electron chi connectivity index (χ1n) is 8.75. The van der Waals surface area contributed by atoms with E-state index in [0.717, 1.165) is 5.75 Å². The average molecular weight is 391 g/mol. The summed E-state index contributed by atoms with van der Waals surface area (Å²) >= 11 is 0. The molecule has 0 aromatic heterocycles. The van der Waals surface area contributed by atoms with Crippen LogP contribution in [-0.4, -0.2) is 56.8 Å². The highest BCUT2D eigenvalue weighted by Crippen LogP contribution is 2.18. The van der Waals surface area contributed by atoms with Crippen molar-refractivity contribution in [3.05, 3.63) is 60.2 Å². The number of hydrogen-bond acceptors (Lipinski definition) is 4. The molecule has 0 saturated carbocycles. The van der Waals surface area contributed by atoms with Crippen LogP contribution < -0.4 is 4.74 Å². The van der Waals surface area contributed by atoms with E-state index in [1.54, 1.807) is 33.0 Å². The van der Waals surface area contributed by atoms with Crippen LogP contribution in [-0.2, 0) is 10.0 Å². The Balaban J connectivity index is 2.06. The molecule has 0 heterocycles. The Bertz CT molecular complexity index is 867. The van der Waals surface area contributed by atoms with Crippen LogP contribution in [0.1, 0.15) is 24.2 Å². The van der Waals surface area contributed by atoms with Crippen LogP contribution in [0, 0.1) is 0 Å². The number of benzene rings is 2. The lowest BCUT2D eigenvalue weighted by Crippen LogP contribution is -2.33. The second kappa shape index (κ2) is 9.01. The van der Waals surface area contributed by atoms with Crippen molar-refractivity contribution >= 4 is 15.9 Å². The van der Waals surface area contributed by atoms with Crippen LogP contribution in [0.15, 0.2) is 59.5 Å². The number of amides is 1. The molecule has 1 amide bonds. The van der Waals surface area contributed by atoms with Gasteiger partial charge in [-0.1, -0.05) is 24.3 Å². The lowest BCUT2D eigenvalue weighted by molar-refractivity contribution is 0.0773. The summed E-state index contributed by atoms with van der Waals surface area (Å²) in [6, 6.07) is 15.3. The summed E-state index contributed by atoms with van der Waals surface area (Å²) in [5.74, 6) is 0.485. The van der Waals surface area contributed by atoms with Gasteiger partial charge in [-0.25, -0.2) is 8.42 Å². The van der Waals surface area contributed by atoms with E-state index >= 15 is 0 Å². The molecule has 0 radical (unpaired) electrons. The normalized spacial score (nSPS) is 11.6. The molecule has 7 heteroatoms. The number of nitrogens with zero attached hydrogens (tertiary/aromatic N) is 2. The van der Waals surface area contributed by atoms with Crippen molar-refractivity contribution in [1.29, 1.82) is 0 Å². The highest BCUT2D eigenvalue weighted by molar-refractivity contribution is 7.89. The Morgan fingerprint density at radius 2 is 1.70 bits per heavy atom. The second-order valence-electron chi connectivity index (χ2n) is 6.53. The smallest absolute Gasteiger partial charge is 0.253 e. The van der Waals surface area contributed by atoms with Crippen molar-refractivity contribution < 1.29 is 17.9 Å². The van der Waals surface area contributed by atoms with Crippen LogP contribution in [0.4, 0.5) is 0 Å². The summed E-state index contributed by atoms with van der Waals surface area (Å²) in [5, 5.41) is 0. The van der Waals surface area contributed by atoms with Crippen molar-refractivity contribution in [2.24, 2.45) is 0 Å². The molecule has 0 bridgehead atoms. The van der Waals surface area contributed by atoms with Crippen molar-refractivity contribution in [3.8, 4) is 5.75 Å². The fourth-order valence-corrected chi connectivity index (χ4v) is 3.79. The number of rotatable bonds is 8. The van der Waals surface area contributed by atoms with Crippen LogP contribution >= 0.6 is 0 Å². The average Bonchev–Trinajstić information content (AvgIpc) is 2.67. The van der Waals surface area contributed by atoms with Gasteiger partial charge in [-0.15, -0.1) is 0 Å². The van der Waals surface area contributed by atoms with E-state index in [2.05, 4.69) is 0 Å². The minimum atomic E-state index is -3.64. The molecule has 0 atom stereocenters. The molecule has 27 heavy (non-hydrogen) atoms. The predicted octanol–water partition coefficient (Wildman–Crippen LogP) is 2.87. The minimum absolute atomic E-state index is 0.110. The molecule has 2 aromatic carbocycles. The van der Waals surface area contributed by atoms with Gasteiger partial charge in [0.2, 0.25) is 10.0 Å². The van der Waals surface area contributed by atoms with Gasteiger partial charge >= 0.3 is 0 Å². The third-order valence-corrected chi connectivity index (χ3v) is 6.30. The number of para-hydroxylation sites is 1. The highest BCUT2D eigenvalue weighted by atomic mass is 32.2. The number of carbonyl (C=O) groups is 1. The summed E-state index contributed by atoms with van der Waals surface area (Å²) in [7, 11) is -0.441. The third kappa shape index (κ3) is 5.30. The minimum Gasteiger partial charge on any atom is -0.492 e. The van der Waals surface area contributed by atoms with E-state index in [4.69, 9.17) is 4.74 Å². The second-order valence-corrected chi connectivity index (χ2v) is 8.53. The number of sulfonamides is 1. The molecule has 146 valence electrons. The summed E-state index contributed by atoms with van der Waals surface area (Å²) in [5.41, 5.74) is 0.329. The van der Waals surface area contributed by atoms with Crippen molar-refractivity contribution in [1.82, 2.24) is 9.21 Å². The van der Waals surface area contributed by atoms with E-state index in [0.29, 0.717) is 18.7 Å². The van der Waals surface area contributed by atoms with E-state index in [-0.39, 0.29) is 16.8 Å². The Labute approximate surface area is 161 Å². The first-order chi connectivity index (χ1) is 12.7. The van der Waals surface area contributed by atoms with Gasteiger partial charge in [0.05, 0.1) is 11.4 Å². The molecule has 6 nitrogen and oxygen atoms in total. The number of ether oxygens (including phenoxy) is 1. The molecule has 0 spiro atoms. The maximum absolute atomic E-state index is 12.6. The van der Waals surface area contributed by atoms with E-state index in [9.17, 15) is 13.2 Å². The van der Waals surface area contributed by atoms with Gasteiger partial charge in [0.1, 0.15) is 12.4 Å². The Hall–Kier alpha value is -2.38. The first-order valence-corrected chi connectivity index (χ1v) is 10.2. The summed E-state index contributed by atoms with van der Waals surface area (Å²) in [6.45, 7) is 4.33. The van der Waals surface area contributed by atoms with Gasteiger partial charge in [0.25, 0.3) is 5.91 Å². The van der Waals surface area contributed by atoms with E-state index in [1.807, 2.05) is 30.3 Å². The monoisotopic (exact) mass is 390 g/mol. The quantitative estimate of drug-likeness (QED) is 0.695. The zero-order chi connectivity index (χ0) is 20.0. The van der Waals surface area contributed by atoms with Gasteiger partial charge < -0.3 is 9.64 Å². The maximum Gasteiger partial charge on any atom is 0.253 e. The van der Waals surface area contributed by atoms with Crippen LogP contribution in [0.25, 0.3) is 0 Å². The fourth-order valence-electron chi connectivity index (χ4n) is 2.37. The predicted molar refractivity (Wildman–Crippen MR) is 105 cm³/mol. The molecule has 0 fully saturated rings. The molecule has 0 aliphatic rings. The van der Waals surface area contributed by atoms with Crippen molar-refractivity contribution in [2.45, 2.75) is 24.8 Å².